The number of amides is 1. The Morgan fingerprint density at radius 3 is 2.73 bits per heavy atom. The lowest BCUT2D eigenvalue weighted by Crippen LogP contribution is -2.39. The van der Waals surface area contributed by atoms with Crippen LogP contribution >= 0.6 is 0 Å². The van der Waals surface area contributed by atoms with E-state index in [9.17, 15) is 9.59 Å². The molecule has 0 fully saturated rings. The van der Waals surface area contributed by atoms with Gasteiger partial charge in [0.15, 0.2) is 5.82 Å². The molecule has 1 N–H and O–H groups in total. The van der Waals surface area contributed by atoms with Gasteiger partial charge in [-0.2, -0.15) is 9.67 Å². The molecule has 0 saturated carbocycles. The summed E-state index contributed by atoms with van der Waals surface area (Å²) in [5, 5.41) is 6.60. The van der Waals surface area contributed by atoms with E-state index >= 15 is 0 Å². The summed E-state index contributed by atoms with van der Waals surface area (Å²) in [7, 11) is 0. The molecule has 0 spiro atoms. The predicted octanol–water partition coefficient (Wildman–Crippen LogP) is 0.459. The Kier molecular flexibility index (Phi) is 2.26. The van der Waals surface area contributed by atoms with E-state index in [-0.39, 0.29) is 17.8 Å². The van der Waals surface area contributed by atoms with Crippen LogP contribution in [0.1, 0.15) is 30.9 Å². The van der Waals surface area contributed by atoms with Gasteiger partial charge >= 0.3 is 0 Å². The summed E-state index contributed by atoms with van der Waals surface area (Å²) < 4.78 is 1.19. The van der Waals surface area contributed by atoms with E-state index in [4.69, 9.17) is 0 Å². The van der Waals surface area contributed by atoms with E-state index in [1.165, 1.54) is 4.68 Å². The minimum Gasteiger partial charge on any atom is -0.294 e. The number of hydrogen-bond acceptors (Lipinski definition) is 4. The lowest BCUT2D eigenvalue weighted by Gasteiger charge is -2.18. The number of aromatic nitrogens is 3. The number of carbonyl (C=O) groups is 2. The maximum absolute atomic E-state index is 11.8. The standard InChI is InChI=1S/C9H12N4O2/c1-3-5-7(14)11-9-10-6(4-2)12-13(9)8(5)15/h5H,3-4H2,1-2H3,(H,10,11,12,14). The molecule has 1 aliphatic rings. The third-order valence-corrected chi connectivity index (χ3v) is 2.43. The van der Waals surface area contributed by atoms with Crippen LogP contribution in [0.4, 0.5) is 5.95 Å². The number of nitrogens with one attached hydrogen (secondary N) is 1. The number of anilines is 1. The molecule has 80 valence electrons. The topological polar surface area (TPSA) is 76.9 Å². The second-order valence-corrected chi connectivity index (χ2v) is 3.41. The van der Waals surface area contributed by atoms with Gasteiger partial charge in [-0.25, -0.2) is 0 Å². The van der Waals surface area contributed by atoms with Gasteiger partial charge in [0.1, 0.15) is 5.92 Å². The highest BCUT2D eigenvalue weighted by Crippen LogP contribution is 2.18. The second-order valence-electron chi connectivity index (χ2n) is 3.41. The van der Waals surface area contributed by atoms with E-state index in [2.05, 4.69) is 15.4 Å². The van der Waals surface area contributed by atoms with Crippen LogP contribution in [-0.2, 0) is 11.2 Å². The quantitative estimate of drug-likeness (QED) is 0.716. The van der Waals surface area contributed by atoms with E-state index in [0.29, 0.717) is 18.7 Å². The SMILES string of the molecule is CCc1nc2n(n1)C(=O)C(CC)C(=O)N2. The lowest BCUT2D eigenvalue weighted by molar-refractivity contribution is -0.119. The molecule has 0 aliphatic carbocycles. The molecule has 1 unspecified atom stereocenters. The average molecular weight is 208 g/mol. The van der Waals surface area contributed by atoms with E-state index < -0.39 is 5.92 Å². The van der Waals surface area contributed by atoms with Crippen LogP contribution < -0.4 is 5.32 Å². The van der Waals surface area contributed by atoms with Gasteiger partial charge in [0, 0.05) is 6.42 Å². The first-order valence-corrected chi connectivity index (χ1v) is 4.98. The zero-order chi connectivity index (χ0) is 11.0. The molecular formula is C9H12N4O2. The highest BCUT2D eigenvalue weighted by atomic mass is 16.2. The Labute approximate surface area is 86.7 Å². The highest BCUT2D eigenvalue weighted by molar-refractivity contribution is 6.10. The summed E-state index contributed by atoms with van der Waals surface area (Å²) in [4.78, 5) is 27.3. The Bertz CT molecular complexity index is 424. The van der Waals surface area contributed by atoms with E-state index in [1.807, 2.05) is 6.92 Å². The fourth-order valence-electron chi connectivity index (χ4n) is 1.56. The summed E-state index contributed by atoms with van der Waals surface area (Å²) in [6.07, 6.45) is 1.12. The van der Waals surface area contributed by atoms with Gasteiger partial charge in [-0.15, -0.1) is 5.10 Å². The van der Waals surface area contributed by atoms with Crippen LogP contribution in [0.3, 0.4) is 0 Å². The number of carbonyl (C=O) groups excluding carboxylic acids is 2. The van der Waals surface area contributed by atoms with Crippen molar-refractivity contribution in [2.75, 3.05) is 5.32 Å². The molecule has 1 aromatic rings. The molecule has 2 heterocycles. The molecule has 1 aromatic heterocycles. The summed E-state index contributed by atoms with van der Waals surface area (Å²) >= 11 is 0. The van der Waals surface area contributed by atoms with Gasteiger partial charge < -0.3 is 0 Å². The number of rotatable bonds is 2. The Balaban J connectivity index is 2.44. The molecule has 0 saturated heterocycles. The Morgan fingerprint density at radius 1 is 1.40 bits per heavy atom. The van der Waals surface area contributed by atoms with Crippen molar-refractivity contribution in [1.29, 1.82) is 0 Å². The number of aryl methyl sites for hydroxylation is 1. The van der Waals surface area contributed by atoms with Gasteiger partial charge in [0.05, 0.1) is 0 Å². The molecule has 1 atom stereocenters. The second kappa shape index (κ2) is 3.45. The molecular weight excluding hydrogens is 196 g/mol. The minimum atomic E-state index is -0.635. The molecule has 1 aliphatic heterocycles. The first-order chi connectivity index (χ1) is 7.17. The van der Waals surface area contributed by atoms with E-state index in [0.717, 1.165) is 0 Å². The molecule has 0 bridgehead atoms. The fourth-order valence-corrected chi connectivity index (χ4v) is 1.56. The predicted molar refractivity (Wildman–Crippen MR) is 52.4 cm³/mol. The Morgan fingerprint density at radius 2 is 2.13 bits per heavy atom. The fraction of sp³-hybridized carbons (Fsp3) is 0.556. The Hall–Kier alpha value is -1.72. The first-order valence-electron chi connectivity index (χ1n) is 4.98. The monoisotopic (exact) mass is 208 g/mol. The largest absolute Gasteiger partial charge is 0.294 e. The van der Waals surface area contributed by atoms with E-state index in [1.54, 1.807) is 6.92 Å². The van der Waals surface area contributed by atoms with Crippen molar-refractivity contribution in [3.8, 4) is 0 Å². The van der Waals surface area contributed by atoms with Crippen LogP contribution in [0.5, 0.6) is 0 Å². The zero-order valence-corrected chi connectivity index (χ0v) is 8.65. The van der Waals surface area contributed by atoms with Crippen LogP contribution in [0.2, 0.25) is 0 Å². The van der Waals surface area contributed by atoms with Crippen molar-refractivity contribution in [2.45, 2.75) is 26.7 Å². The van der Waals surface area contributed by atoms with Crippen molar-refractivity contribution in [3.63, 3.8) is 0 Å². The van der Waals surface area contributed by atoms with Gasteiger partial charge in [-0.3, -0.25) is 14.9 Å². The van der Waals surface area contributed by atoms with Crippen molar-refractivity contribution >= 4 is 17.8 Å². The average Bonchev–Trinajstić information content (AvgIpc) is 2.61. The number of nitrogens with zero attached hydrogens (tertiary/aromatic N) is 3. The van der Waals surface area contributed by atoms with Crippen molar-refractivity contribution in [3.05, 3.63) is 5.82 Å². The first kappa shape index (κ1) is 9.82. The summed E-state index contributed by atoms with van der Waals surface area (Å²) in [5.41, 5.74) is 0. The lowest BCUT2D eigenvalue weighted by atomic mass is 10.0. The normalized spacial score (nSPS) is 20.0. The maximum Gasteiger partial charge on any atom is 0.262 e. The van der Waals surface area contributed by atoms with Gasteiger partial charge in [0.25, 0.3) is 5.91 Å². The summed E-state index contributed by atoms with van der Waals surface area (Å²) in [6, 6.07) is 0. The molecule has 0 radical (unpaired) electrons. The molecule has 6 nitrogen and oxygen atoms in total. The molecule has 1 amide bonds. The maximum atomic E-state index is 11.8. The van der Waals surface area contributed by atoms with Crippen LogP contribution in [0.15, 0.2) is 0 Å². The van der Waals surface area contributed by atoms with Crippen molar-refractivity contribution in [2.24, 2.45) is 5.92 Å². The summed E-state index contributed by atoms with van der Waals surface area (Å²) in [6.45, 7) is 3.69. The van der Waals surface area contributed by atoms with Gasteiger partial charge in [-0.1, -0.05) is 13.8 Å². The van der Waals surface area contributed by atoms with Gasteiger partial charge in [0.2, 0.25) is 11.9 Å². The number of hydrogen-bond donors (Lipinski definition) is 1. The molecule has 0 aromatic carbocycles. The van der Waals surface area contributed by atoms with Gasteiger partial charge in [-0.05, 0) is 6.42 Å². The third kappa shape index (κ3) is 1.42. The molecule has 2 rings (SSSR count). The molecule has 6 heteroatoms. The number of fused-ring (bicyclic) bond motifs is 1. The van der Waals surface area contributed by atoms with Crippen LogP contribution in [0.25, 0.3) is 0 Å². The minimum absolute atomic E-state index is 0.242. The smallest absolute Gasteiger partial charge is 0.262 e. The highest BCUT2D eigenvalue weighted by Gasteiger charge is 2.34. The van der Waals surface area contributed by atoms with Crippen molar-refractivity contribution in [1.82, 2.24) is 14.8 Å². The molecule has 15 heavy (non-hydrogen) atoms. The third-order valence-electron chi connectivity index (χ3n) is 2.43. The van der Waals surface area contributed by atoms with Crippen LogP contribution in [-0.4, -0.2) is 26.6 Å². The zero-order valence-electron chi connectivity index (χ0n) is 8.65. The van der Waals surface area contributed by atoms with Crippen LogP contribution in [0, 0.1) is 5.92 Å². The summed E-state index contributed by atoms with van der Waals surface area (Å²) in [5.74, 6) is -0.403. The van der Waals surface area contributed by atoms with Crippen molar-refractivity contribution < 1.29 is 9.59 Å².